The van der Waals surface area contributed by atoms with E-state index in [9.17, 15) is 9.50 Å². The second-order valence-electron chi connectivity index (χ2n) is 5.91. The van der Waals surface area contributed by atoms with Gasteiger partial charge in [0.05, 0.1) is 6.10 Å². The molecule has 106 valence electrons. The second kappa shape index (κ2) is 6.02. The van der Waals surface area contributed by atoms with Crippen molar-refractivity contribution < 1.29 is 9.50 Å². The fourth-order valence-electron chi connectivity index (χ4n) is 3.22. The first-order valence-corrected chi connectivity index (χ1v) is 7.23. The van der Waals surface area contributed by atoms with Crippen molar-refractivity contribution in [3.8, 4) is 0 Å². The molecule has 1 atom stereocenters. The Bertz CT molecular complexity index is 425. The van der Waals surface area contributed by atoms with Gasteiger partial charge >= 0.3 is 0 Å². The van der Waals surface area contributed by atoms with Gasteiger partial charge < -0.3 is 10.8 Å². The molecule has 0 spiro atoms. The van der Waals surface area contributed by atoms with Gasteiger partial charge in [0.2, 0.25) is 0 Å². The zero-order valence-corrected chi connectivity index (χ0v) is 11.7. The van der Waals surface area contributed by atoms with Gasteiger partial charge in [-0.15, -0.1) is 0 Å². The highest BCUT2D eigenvalue weighted by Gasteiger charge is 2.38. The number of nitrogens with two attached hydrogens (primary N) is 1. The zero-order chi connectivity index (χ0) is 13.9. The van der Waals surface area contributed by atoms with E-state index in [-0.39, 0.29) is 11.2 Å². The Labute approximate surface area is 114 Å². The van der Waals surface area contributed by atoms with Crippen LogP contribution in [0.15, 0.2) is 18.2 Å². The summed E-state index contributed by atoms with van der Waals surface area (Å²) >= 11 is 0. The Hall–Kier alpha value is -0.930. The Morgan fingerprint density at radius 3 is 2.47 bits per heavy atom. The Morgan fingerprint density at radius 1 is 1.26 bits per heavy atom. The third kappa shape index (κ3) is 2.98. The van der Waals surface area contributed by atoms with Crippen LogP contribution in [0.4, 0.5) is 4.39 Å². The lowest BCUT2D eigenvalue weighted by Crippen LogP contribution is -2.37. The fraction of sp³-hybridized carbons (Fsp3) is 0.625. The van der Waals surface area contributed by atoms with Crippen LogP contribution in [0.25, 0.3) is 0 Å². The molecule has 1 aromatic carbocycles. The van der Waals surface area contributed by atoms with Gasteiger partial charge in [0.15, 0.2) is 0 Å². The summed E-state index contributed by atoms with van der Waals surface area (Å²) in [6.45, 7) is 2.33. The van der Waals surface area contributed by atoms with Crippen molar-refractivity contribution in [2.45, 2.75) is 51.6 Å². The van der Waals surface area contributed by atoms with Crippen LogP contribution in [0.3, 0.4) is 0 Å². The molecule has 0 aromatic heterocycles. The molecule has 2 rings (SSSR count). The fourth-order valence-corrected chi connectivity index (χ4v) is 3.22. The summed E-state index contributed by atoms with van der Waals surface area (Å²) in [5.41, 5.74) is 6.97. The van der Waals surface area contributed by atoms with E-state index in [0.717, 1.165) is 31.2 Å². The number of aliphatic hydroxyl groups excluding tert-OH is 1. The molecule has 0 heterocycles. The minimum atomic E-state index is -0.796. The molecule has 3 N–H and O–H groups in total. The van der Waals surface area contributed by atoms with Crippen LogP contribution in [0.5, 0.6) is 0 Å². The van der Waals surface area contributed by atoms with Crippen LogP contribution in [0.2, 0.25) is 0 Å². The number of halogens is 1. The van der Waals surface area contributed by atoms with E-state index >= 15 is 0 Å². The summed E-state index contributed by atoms with van der Waals surface area (Å²) in [6, 6.07) is 4.92. The average Bonchev–Trinajstić information content (AvgIpc) is 2.67. The largest absolute Gasteiger partial charge is 0.388 e. The maximum Gasteiger partial charge on any atom is 0.129 e. The van der Waals surface area contributed by atoms with E-state index < -0.39 is 6.10 Å². The van der Waals surface area contributed by atoms with Gasteiger partial charge in [-0.25, -0.2) is 4.39 Å². The minimum Gasteiger partial charge on any atom is -0.388 e. The molecule has 1 aliphatic rings. The normalized spacial score (nSPS) is 20.8. The molecule has 1 saturated carbocycles. The Balaban J connectivity index is 2.33. The Kier molecular flexibility index (Phi) is 4.58. The lowest BCUT2D eigenvalue weighted by atomic mass is 9.73. The van der Waals surface area contributed by atoms with Crippen LogP contribution in [0.1, 0.15) is 55.8 Å². The molecule has 1 aromatic rings. The molecule has 19 heavy (non-hydrogen) atoms. The van der Waals surface area contributed by atoms with E-state index in [4.69, 9.17) is 5.73 Å². The summed E-state index contributed by atoms with van der Waals surface area (Å²) in [4.78, 5) is 0. The Morgan fingerprint density at radius 2 is 1.89 bits per heavy atom. The SMILES string of the molecule is Cc1ccc(F)c(C(O)C2(CN)CCCCCC2)c1. The highest BCUT2D eigenvalue weighted by atomic mass is 19.1. The number of hydrogen-bond donors (Lipinski definition) is 2. The van der Waals surface area contributed by atoms with Crippen LogP contribution in [0, 0.1) is 18.2 Å². The zero-order valence-electron chi connectivity index (χ0n) is 11.7. The molecule has 0 aliphatic heterocycles. The molecule has 1 unspecified atom stereocenters. The molecule has 3 heteroatoms. The highest BCUT2D eigenvalue weighted by molar-refractivity contribution is 5.27. The van der Waals surface area contributed by atoms with Gasteiger partial charge in [-0.3, -0.25) is 0 Å². The molecular formula is C16H24FNO. The monoisotopic (exact) mass is 265 g/mol. The molecule has 0 amide bonds. The topological polar surface area (TPSA) is 46.2 Å². The van der Waals surface area contributed by atoms with Gasteiger partial charge in [0, 0.05) is 17.5 Å². The molecule has 2 nitrogen and oxygen atoms in total. The van der Waals surface area contributed by atoms with Gasteiger partial charge in [-0.2, -0.15) is 0 Å². The van der Waals surface area contributed by atoms with Gasteiger partial charge in [0.25, 0.3) is 0 Å². The van der Waals surface area contributed by atoms with Gasteiger partial charge in [-0.1, -0.05) is 43.4 Å². The maximum atomic E-state index is 14.0. The third-order valence-electron chi connectivity index (χ3n) is 4.53. The smallest absolute Gasteiger partial charge is 0.129 e. The number of hydrogen-bond acceptors (Lipinski definition) is 2. The number of aliphatic hydroxyl groups is 1. The van der Waals surface area contributed by atoms with E-state index in [1.807, 2.05) is 6.92 Å². The predicted octanol–water partition coefficient (Wildman–Crippen LogP) is 3.47. The van der Waals surface area contributed by atoms with Crippen molar-refractivity contribution in [3.05, 3.63) is 35.1 Å². The number of benzene rings is 1. The number of aryl methyl sites for hydroxylation is 1. The number of rotatable bonds is 3. The van der Waals surface area contributed by atoms with Crippen molar-refractivity contribution in [3.63, 3.8) is 0 Å². The maximum absolute atomic E-state index is 14.0. The quantitative estimate of drug-likeness (QED) is 0.822. The highest BCUT2D eigenvalue weighted by Crippen LogP contribution is 2.44. The molecule has 0 radical (unpaired) electrons. The van der Waals surface area contributed by atoms with Gasteiger partial charge in [-0.05, 0) is 25.8 Å². The van der Waals surface area contributed by atoms with Crippen LogP contribution in [-0.4, -0.2) is 11.7 Å². The van der Waals surface area contributed by atoms with E-state index in [2.05, 4.69) is 0 Å². The third-order valence-corrected chi connectivity index (χ3v) is 4.53. The molecule has 1 fully saturated rings. The van der Waals surface area contributed by atoms with Crippen molar-refractivity contribution in [2.24, 2.45) is 11.1 Å². The van der Waals surface area contributed by atoms with Crippen LogP contribution >= 0.6 is 0 Å². The van der Waals surface area contributed by atoms with E-state index in [1.54, 1.807) is 12.1 Å². The summed E-state index contributed by atoms with van der Waals surface area (Å²) < 4.78 is 14.0. The summed E-state index contributed by atoms with van der Waals surface area (Å²) in [6.07, 6.45) is 5.49. The van der Waals surface area contributed by atoms with Crippen molar-refractivity contribution in [1.82, 2.24) is 0 Å². The molecule has 1 aliphatic carbocycles. The molecule has 0 saturated heterocycles. The average molecular weight is 265 g/mol. The van der Waals surface area contributed by atoms with Crippen molar-refractivity contribution in [2.75, 3.05) is 6.54 Å². The van der Waals surface area contributed by atoms with Crippen LogP contribution < -0.4 is 5.73 Å². The lowest BCUT2D eigenvalue weighted by molar-refractivity contribution is 0.0141. The summed E-state index contributed by atoms with van der Waals surface area (Å²) in [5, 5.41) is 10.7. The standard InChI is InChI=1S/C16H24FNO/c1-12-6-7-14(17)13(10-12)15(19)16(11-18)8-4-2-3-5-9-16/h6-7,10,15,19H,2-5,8-9,11,18H2,1H3. The van der Waals surface area contributed by atoms with Crippen molar-refractivity contribution >= 4 is 0 Å². The summed E-state index contributed by atoms with van der Waals surface area (Å²) in [5.74, 6) is -0.324. The first-order chi connectivity index (χ1) is 9.09. The molecular weight excluding hydrogens is 241 g/mol. The first-order valence-electron chi connectivity index (χ1n) is 7.23. The predicted molar refractivity (Wildman–Crippen MR) is 75.3 cm³/mol. The molecule has 0 bridgehead atoms. The van der Waals surface area contributed by atoms with Crippen molar-refractivity contribution in [1.29, 1.82) is 0 Å². The minimum absolute atomic E-state index is 0.324. The van der Waals surface area contributed by atoms with E-state index in [0.29, 0.717) is 12.1 Å². The first kappa shape index (κ1) is 14.5. The second-order valence-corrected chi connectivity index (χ2v) is 5.91. The summed E-state index contributed by atoms with van der Waals surface area (Å²) in [7, 11) is 0. The van der Waals surface area contributed by atoms with Gasteiger partial charge in [0.1, 0.15) is 5.82 Å². The lowest BCUT2D eigenvalue weighted by Gasteiger charge is -2.37. The van der Waals surface area contributed by atoms with E-state index in [1.165, 1.54) is 18.9 Å². The van der Waals surface area contributed by atoms with Crippen LogP contribution in [-0.2, 0) is 0 Å².